The first-order valence-corrected chi connectivity index (χ1v) is 11.4. The van der Waals surface area contributed by atoms with Gasteiger partial charge >= 0.3 is 0 Å². The van der Waals surface area contributed by atoms with Crippen LogP contribution in [0.15, 0.2) is 59.5 Å². The van der Waals surface area contributed by atoms with E-state index in [1.54, 1.807) is 36.4 Å². The number of carbonyl (C=O) groups is 3. The maximum absolute atomic E-state index is 13.0. The SMILES string of the molecule is CS(=O)(=O)c1ccccc1C(=O)N1CCCN1C(=O)CCC(=O)Nc1ccccc1. The minimum atomic E-state index is -3.60. The van der Waals surface area contributed by atoms with Crippen molar-refractivity contribution in [2.45, 2.75) is 24.2 Å². The van der Waals surface area contributed by atoms with Crippen molar-refractivity contribution in [3.63, 3.8) is 0 Å². The van der Waals surface area contributed by atoms with Gasteiger partial charge in [-0.3, -0.25) is 19.4 Å². The molecular weight excluding hydrogens is 406 g/mol. The number of hydrogen-bond donors (Lipinski definition) is 1. The quantitative estimate of drug-likeness (QED) is 0.757. The Kier molecular flexibility index (Phi) is 6.51. The van der Waals surface area contributed by atoms with Crippen LogP contribution >= 0.6 is 0 Å². The third kappa shape index (κ3) is 5.04. The molecule has 1 fully saturated rings. The van der Waals surface area contributed by atoms with Crippen molar-refractivity contribution in [1.29, 1.82) is 0 Å². The zero-order valence-electron chi connectivity index (χ0n) is 16.6. The van der Waals surface area contributed by atoms with Crippen LogP contribution in [0.2, 0.25) is 0 Å². The van der Waals surface area contributed by atoms with E-state index >= 15 is 0 Å². The zero-order valence-corrected chi connectivity index (χ0v) is 17.4. The molecule has 9 heteroatoms. The molecule has 2 aromatic rings. The Morgan fingerprint density at radius 3 is 2.23 bits per heavy atom. The van der Waals surface area contributed by atoms with Crippen LogP contribution < -0.4 is 5.32 Å². The lowest BCUT2D eigenvalue weighted by atomic mass is 10.2. The van der Waals surface area contributed by atoms with E-state index in [0.29, 0.717) is 25.2 Å². The summed E-state index contributed by atoms with van der Waals surface area (Å²) in [4.78, 5) is 37.7. The molecule has 1 aliphatic rings. The van der Waals surface area contributed by atoms with Crippen LogP contribution in [-0.2, 0) is 19.4 Å². The Labute approximate surface area is 175 Å². The fourth-order valence-corrected chi connectivity index (χ4v) is 4.16. The van der Waals surface area contributed by atoms with Gasteiger partial charge in [0, 0.05) is 37.9 Å². The first kappa shape index (κ1) is 21.5. The van der Waals surface area contributed by atoms with Crippen LogP contribution in [0.1, 0.15) is 29.6 Å². The Balaban J connectivity index is 1.66. The lowest BCUT2D eigenvalue weighted by Gasteiger charge is -2.28. The summed E-state index contributed by atoms with van der Waals surface area (Å²) in [5.74, 6) is -1.20. The molecule has 0 spiro atoms. The average molecular weight is 429 g/mol. The number of amides is 3. The molecule has 0 radical (unpaired) electrons. The molecule has 1 N–H and O–H groups in total. The summed E-state index contributed by atoms with van der Waals surface area (Å²) in [5.41, 5.74) is 0.673. The predicted molar refractivity (Wildman–Crippen MR) is 111 cm³/mol. The van der Waals surface area contributed by atoms with E-state index in [4.69, 9.17) is 0 Å². The number of rotatable bonds is 6. The number of hydrazine groups is 1. The average Bonchev–Trinajstić information content (AvgIpc) is 3.21. The second-order valence-corrected chi connectivity index (χ2v) is 8.97. The molecule has 0 bridgehead atoms. The monoisotopic (exact) mass is 429 g/mol. The molecule has 0 unspecified atom stereocenters. The van der Waals surface area contributed by atoms with Gasteiger partial charge in [-0.05, 0) is 30.7 Å². The van der Waals surface area contributed by atoms with Crippen molar-refractivity contribution in [2.75, 3.05) is 24.7 Å². The molecule has 2 aromatic carbocycles. The number of benzene rings is 2. The summed E-state index contributed by atoms with van der Waals surface area (Å²) < 4.78 is 24.0. The zero-order chi connectivity index (χ0) is 21.7. The van der Waals surface area contributed by atoms with E-state index in [9.17, 15) is 22.8 Å². The minimum Gasteiger partial charge on any atom is -0.326 e. The number of nitrogens with zero attached hydrogens (tertiary/aromatic N) is 2. The van der Waals surface area contributed by atoms with E-state index in [1.807, 2.05) is 6.07 Å². The molecule has 0 aromatic heterocycles. The Morgan fingerprint density at radius 2 is 1.53 bits per heavy atom. The summed E-state index contributed by atoms with van der Waals surface area (Å²) in [7, 11) is -3.60. The summed E-state index contributed by atoms with van der Waals surface area (Å²) in [6.07, 6.45) is 1.54. The standard InChI is InChI=1S/C21H23N3O5S/c1-30(28,29)18-11-6-5-10-17(18)21(27)24-15-7-14-23(24)20(26)13-12-19(25)22-16-8-3-2-4-9-16/h2-6,8-11H,7,12-15H2,1H3,(H,22,25). The third-order valence-electron chi connectivity index (χ3n) is 4.69. The fourth-order valence-electron chi connectivity index (χ4n) is 3.28. The van der Waals surface area contributed by atoms with Crippen molar-refractivity contribution >= 4 is 33.2 Å². The van der Waals surface area contributed by atoms with Gasteiger partial charge in [-0.2, -0.15) is 0 Å². The molecule has 158 valence electrons. The largest absolute Gasteiger partial charge is 0.326 e. The second-order valence-electron chi connectivity index (χ2n) is 6.98. The van der Waals surface area contributed by atoms with Crippen LogP contribution in [0.3, 0.4) is 0 Å². The highest BCUT2D eigenvalue weighted by Crippen LogP contribution is 2.22. The topological polar surface area (TPSA) is 104 Å². The predicted octanol–water partition coefficient (Wildman–Crippen LogP) is 2.10. The smallest absolute Gasteiger partial charge is 0.273 e. The van der Waals surface area contributed by atoms with Gasteiger partial charge in [0.15, 0.2) is 9.84 Å². The van der Waals surface area contributed by atoms with Gasteiger partial charge in [-0.15, -0.1) is 0 Å². The van der Waals surface area contributed by atoms with Gasteiger partial charge in [0.2, 0.25) is 11.8 Å². The summed E-state index contributed by atoms with van der Waals surface area (Å²) in [6.45, 7) is 0.644. The minimum absolute atomic E-state index is 0.0216. The van der Waals surface area contributed by atoms with Crippen LogP contribution in [0.25, 0.3) is 0 Å². The van der Waals surface area contributed by atoms with E-state index in [0.717, 1.165) is 6.26 Å². The van der Waals surface area contributed by atoms with Gasteiger partial charge in [0.25, 0.3) is 5.91 Å². The van der Waals surface area contributed by atoms with Crippen LogP contribution in [0.4, 0.5) is 5.69 Å². The summed E-state index contributed by atoms with van der Waals surface area (Å²) in [5, 5.41) is 5.28. The molecule has 1 saturated heterocycles. The molecule has 3 amide bonds. The highest BCUT2D eigenvalue weighted by molar-refractivity contribution is 7.90. The second kappa shape index (κ2) is 9.08. The number of nitrogens with one attached hydrogen (secondary N) is 1. The van der Waals surface area contributed by atoms with E-state index in [-0.39, 0.29) is 35.1 Å². The Bertz CT molecular complexity index is 1050. The molecule has 0 aliphatic carbocycles. The van der Waals surface area contributed by atoms with Crippen molar-refractivity contribution in [3.8, 4) is 0 Å². The van der Waals surface area contributed by atoms with Crippen LogP contribution in [0, 0.1) is 0 Å². The molecule has 0 atom stereocenters. The highest BCUT2D eigenvalue weighted by Gasteiger charge is 2.33. The molecule has 8 nitrogen and oxygen atoms in total. The van der Waals surface area contributed by atoms with E-state index in [1.165, 1.54) is 22.2 Å². The first-order chi connectivity index (χ1) is 14.3. The normalized spacial score (nSPS) is 13.9. The van der Waals surface area contributed by atoms with Gasteiger partial charge in [0.1, 0.15) is 0 Å². The number of carbonyl (C=O) groups excluding carboxylic acids is 3. The number of anilines is 1. The molecule has 3 rings (SSSR count). The molecule has 30 heavy (non-hydrogen) atoms. The van der Waals surface area contributed by atoms with Crippen LogP contribution in [-0.4, -0.2) is 55.5 Å². The van der Waals surface area contributed by atoms with Gasteiger partial charge in [-0.1, -0.05) is 30.3 Å². The van der Waals surface area contributed by atoms with Gasteiger partial charge in [0.05, 0.1) is 10.5 Å². The van der Waals surface area contributed by atoms with Crippen molar-refractivity contribution in [1.82, 2.24) is 10.0 Å². The third-order valence-corrected chi connectivity index (χ3v) is 5.85. The molecule has 0 saturated carbocycles. The van der Waals surface area contributed by atoms with E-state index < -0.39 is 15.7 Å². The van der Waals surface area contributed by atoms with Gasteiger partial charge in [-0.25, -0.2) is 13.4 Å². The maximum Gasteiger partial charge on any atom is 0.273 e. The number of sulfone groups is 1. The lowest BCUT2D eigenvalue weighted by molar-refractivity contribution is -0.141. The molecule has 1 aliphatic heterocycles. The molecular formula is C21H23N3O5S. The number of hydrogen-bond acceptors (Lipinski definition) is 5. The number of para-hydroxylation sites is 1. The van der Waals surface area contributed by atoms with Crippen molar-refractivity contribution in [3.05, 3.63) is 60.2 Å². The highest BCUT2D eigenvalue weighted by atomic mass is 32.2. The van der Waals surface area contributed by atoms with E-state index in [2.05, 4.69) is 5.32 Å². The fraction of sp³-hybridized carbons (Fsp3) is 0.286. The Hall–Kier alpha value is -3.20. The van der Waals surface area contributed by atoms with Crippen molar-refractivity contribution < 1.29 is 22.8 Å². The van der Waals surface area contributed by atoms with Crippen molar-refractivity contribution in [2.24, 2.45) is 0 Å². The van der Waals surface area contributed by atoms with Gasteiger partial charge < -0.3 is 5.32 Å². The first-order valence-electron chi connectivity index (χ1n) is 9.53. The molecule has 1 heterocycles. The Morgan fingerprint density at radius 1 is 0.900 bits per heavy atom. The van der Waals surface area contributed by atoms with Crippen LogP contribution in [0.5, 0.6) is 0 Å². The summed E-state index contributed by atoms with van der Waals surface area (Å²) >= 11 is 0. The lowest BCUT2D eigenvalue weighted by Crippen LogP contribution is -2.45. The maximum atomic E-state index is 13.0. The summed E-state index contributed by atoms with van der Waals surface area (Å²) in [6, 6.07) is 14.9.